The molecular weight excluding hydrogens is 252 g/mol. The summed E-state index contributed by atoms with van der Waals surface area (Å²) in [7, 11) is -3.55. The maximum Gasteiger partial charge on any atom is 0.241 e. The molecular formula is C11H14N4O2S. The number of hydrogen-bond acceptors (Lipinski definition) is 4. The Kier molecular flexibility index (Phi) is 3.75. The molecule has 1 aromatic heterocycles. The summed E-state index contributed by atoms with van der Waals surface area (Å²) in [6.45, 7) is 0.376. The van der Waals surface area contributed by atoms with Gasteiger partial charge < -0.3 is 5.73 Å². The standard InChI is InChI=1S/C11H14N4O2S/c12-5-10-3-1-2-4-11(10)18(16,17)15-8-9-6-13-14-7-9/h1-4,6-7,15H,5,8,12H2,(H,13,14). The van der Waals surface area contributed by atoms with Gasteiger partial charge in [-0.2, -0.15) is 5.10 Å². The molecule has 0 atom stereocenters. The number of nitrogens with one attached hydrogen (secondary N) is 2. The predicted molar refractivity (Wildman–Crippen MR) is 66.9 cm³/mol. The maximum atomic E-state index is 12.1. The third-order valence-corrected chi connectivity index (χ3v) is 4.00. The van der Waals surface area contributed by atoms with Gasteiger partial charge in [-0.15, -0.1) is 0 Å². The summed E-state index contributed by atoms with van der Waals surface area (Å²) in [6.07, 6.45) is 3.20. The third-order valence-electron chi connectivity index (χ3n) is 2.50. The fourth-order valence-electron chi connectivity index (χ4n) is 1.57. The summed E-state index contributed by atoms with van der Waals surface area (Å²) in [5.74, 6) is 0. The van der Waals surface area contributed by atoms with E-state index in [-0.39, 0.29) is 18.0 Å². The van der Waals surface area contributed by atoms with Crippen LogP contribution >= 0.6 is 0 Å². The predicted octanol–water partition coefficient (Wildman–Crippen LogP) is 0.347. The molecule has 0 saturated heterocycles. The van der Waals surface area contributed by atoms with Crippen LogP contribution in [0.4, 0.5) is 0 Å². The lowest BCUT2D eigenvalue weighted by molar-refractivity contribution is 0.580. The minimum absolute atomic E-state index is 0.183. The monoisotopic (exact) mass is 266 g/mol. The first-order valence-electron chi connectivity index (χ1n) is 5.39. The first kappa shape index (κ1) is 12.7. The van der Waals surface area contributed by atoms with Crippen LogP contribution in [-0.2, 0) is 23.1 Å². The molecule has 1 heterocycles. The summed E-state index contributed by atoms with van der Waals surface area (Å²) >= 11 is 0. The number of nitrogens with two attached hydrogens (primary N) is 1. The summed E-state index contributed by atoms with van der Waals surface area (Å²) in [4.78, 5) is 0.219. The fourth-order valence-corrected chi connectivity index (χ4v) is 2.83. The van der Waals surface area contributed by atoms with Crippen LogP contribution in [0.3, 0.4) is 0 Å². The zero-order chi connectivity index (χ0) is 13.0. The SMILES string of the molecule is NCc1ccccc1S(=O)(=O)NCc1cn[nH]c1. The Bertz CT molecular complexity index is 608. The minimum Gasteiger partial charge on any atom is -0.326 e. The van der Waals surface area contributed by atoms with Gasteiger partial charge in [-0.05, 0) is 11.6 Å². The molecule has 18 heavy (non-hydrogen) atoms. The second-order valence-electron chi connectivity index (χ2n) is 3.74. The van der Waals surface area contributed by atoms with Gasteiger partial charge in [0.05, 0.1) is 11.1 Å². The van der Waals surface area contributed by atoms with Crippen molar-refractivity contribution < 1.29 is 8.42 Å². The molecule has 0 spiro atoms. The number of hydrogen-bond donors (Lipinski definition) is 3. The second kappa shape index (κ2) is 5.30. The lowest BCUT2D eigenvalue weighted by Gasteiger charge is -2.09. The third kappa shape index (κ3) is 2.76. The highest BCUT2D eigenvalue weighted by atomic mass is 32.2. The average molecular weight is 266 g/mol. The lowest BCUT2D eigenvalue weighted by atomic mass is 10.2. The lowest BCUT2D eigenvalue weighted by Crippen LogP contribution is -2.24. The topological polar surface area (TPSA) is 101 Å². The molecule has 0 saturated carbocycles. The number of nitrogens with zero attached hydrogens (tertiary/aromatic N) is 1. The van der Waals surface area contributed by atoms with E-state index in [0.717, 1.165) is 5.56 Å². The van der Waals surface area contributed by atoms with Gasteiger partial charge in [0.25, 0.3) is 0 Å². The van der Waals surface area contributed by atoms with Gasteiger partial charge in [0.1, 0.15) is 0 Å². The molecule has 0 aliphatic heterocycles. The Hall–Kier alpha value is -1.70. The highest BCUT2D eigenvalue weighted by molar-refractivity contribution is 7.89. The van der Waals surface area contributed by atoms with Crippen LogP contribution in [0.15, 0.2) is 41.6 Å². The molecule has 2 rings (SSSR count). The van der Waals surface area contributed by atoms with Gasteiger partial charge in [-0.1, -0.05) is 18.2 Å². The number of H-pyrrole nitrogens is 1. The number of benzene rings is 1. The average Bonchev–Trinajstić information content (AvgIpc) is 2.89. The molecule has 0 fully saturated rings. The summed E-state index contributed by atoms with van der Waals surface area (Å²) in [5.41, 5.74) is 6.89. The van der Waals surface area contributed by atoms with Crippen LogP contribution < -0.4 is 10.5 Å². The van der Waals surface area contributed by atoms with E-state index < -0.39 is 10.0 Å². The maximum absolute atomic E-state index is 12.1. The quantitative estimate of drug-likeness (QED) is 0.726. The largest absolute Gasteiger partial charge is 0.326 e. The highest BCUT2D eigenvalue weighted by Crippen LogP contribution is 2.14. The van der Waals surface area contributed by atoms with Gasteiger partial charge in [0.15, 0.2) is 0 Å². The number of rotatable bonds is 5. The van der Waals surface area contributed by atoms with E-state index in [1.54, 1.807) is 36.7 Å². The first-order valence-corrected chi connectivity index (χ1v) is 6.87. The Balaban J connectivity index is 2.20. The van der Waals surface area contributed by atoms with Gasteiger partial charge in [0.2, 0.25) is 10.0 Å². The van der Waals surface area contributed by atoms with E-state index in [1.165, 1.54) is 0 Å². The first-order chi connectivity index (χ1) is 8.63. The van der Waals surface area contributed by atoms with Crippen molar-refractivity contribution in [1.82, 2.24) is 14.9 Å². The molecule has 0 bridgehead atoms. The molecule has 7 heteroatoms. The zero-order valence-corrected chi connectivity index (χ0v) is 10.4. The summed E-state index contributed by atoms with van der Waals surface area (Å²) in [6, 6.07) is 6.68. The van der Waals surface area contributed by atoms with Crippen molar-refractivity contribution >= 4 is 10.0 Å². The van der Waals surface area contributed by atoms with Crippen molar-refractivity contribution in [3.63, 3.8) is 0 Å². The Morgan fingerprint density at radius 3 is 2.78 bits per heavy atom. The minimum atomic E-state index is -3.55. The van der Waals surface area contributed by atoms with Gasteiger partial charge in [-0.25, -0.2) is 13.1 Å². The molecule has 0 amide bonds. The van der Waals surface area contributed by atoms with Crippen molar-refractivity contribution in [1.29, 1.82) is 0 Å². The van der Waals surface area contributed by atoms with E-state index in [2.05, 4.69) is 14.9 Å². The molecule has 4 N–H and O–H groups in total. The molecule has 2 aromatic rings. The fraction of sp³-hybridized carbons (Fsp3) is 0.182. The van der Waals surface area contributed by atoms with Gasteiger partial charge >= 0.3 is 0 Å². The Morgan fingerprint density at radius 2 is 2.11 bits per heavy atom. The molecule has 0 aliphatic carbocycles. The van der Waals surface area contributed by atoms with Crippen LogP contribution in [0.2, 0.25) is 0 Å². The van der Waals surface area contributed by atoms with Crippen molar-refractivity contribution in [2.45, 2.75) is 18.0 Å². The summed E-state index contributed by atoms with van der Waals surface area (Å²) < 4.78 is 26.7. The van der Waals surface area contributed by atoms with Gasteiger partial charge in [0, 0.05) is 24.8 Å². The van der Waals surface area contributed by atoms with Gasteiger partial charge in [-0.3, -0.25) is 5.10 Å². The molecule has 0 radical (unpaired) electrons. The Labute approximate surface area is 105 Å². The molecule has 1 aromatic carbocycles. The summed E-state index contributed by atoms with van der Waals surface area (Å²) in [5, 5.41) is 6.37. The van der Waals surface area contributed by atoms with Crippen LogP contribution in [0, 0.1) is 0 Å². The van der Waals surface area contributed by atoms with Crippen molar-refractivity contribution in [3.05, 3.63) is 47.8 Å². The second-order valence-corrected chi connectivity index (χ2v) is 5.48. The van der Waals surface area contributed by atoms with Crippen LogP contribution in [0.1, 0.15) is 11.1 Å². The van der Waals surface area contributed by atoms with E-state index in [1.807, 2.05) is 0 Å². The normalized spacial score (nSPS) is 11.6. The van der Waals surface area contributed by atoms with Crippen LogP contribution in [-0.4, -0.2) is 18.6 Å². The number of sulfonamides is 1. The molecule has 0 aliphatic rings. The van der Waals surface area contributed by atoms with Crippen molar-refractivity contribution in [2.75, 3.05) is 0 Å². The molecule has 0 unspecified atom stereocenters. The zero-order valence-electron chi connectivity index (χ0n) is 9.63. The smallest absolute Gasteiger partial charge is 0.241 e. The van der Waals surface area contributed by atoms with E-state index in [4.69, 9.17) is 5.73 Å². The number of aromatic nitrogens is 2. The molecule has 96 valence electrons. The molecule has 6 nitrogen and oxygen atoms in total. The highest BCUT2D eigenvalue weighted by Gasteiger charge is 2.16. The van der Waals surface area contributed by atoms with Crippen molar-refractivity contribution in [2.24, 2.45) is 5.73 Å². The van der Waals surface area contributed by atoms with Crippen molar-refractivity contribution in [3.8, 4) is 0 Å². The van der Waals surface area contributed by atoms with Crippen LogP contribution in [0.5, 0.6) is 0 Å². The van der Waals surface area contributed by atoms with E-state index in [0.29, 0.717) is 5.56 Å². The van der Waals surface area contributed by atoms with Crippen LogP contribution in [0.25, 0.3) is 0 Å². The number of aromatic amines is 1. The van der Waals surface area contributed by atoms with E-state index >= 15 is 0 Å². The van der Waals surface area contributed by atoms with E-state index in [9.17, 15) is 8.42 Å². The Morgan fingerprint density at radius 1 is 1.33 bits per heavy atom.